The van der Waals surface area contributed by atoms with Crippen LogP contribution in [0.1, 0.15) is 13.3 Å². The highest BCUT2D eigenvalue weighted by Gasteiger charge is 2.06. The molecule has 1 aromatic carbocycles. The molecule has 18 heavy (non-hydrogen) atoms. The number of para-hydroxylation sites is 1. The number of nitrogens with zero attached hydrogens (tertiary/aromatic N) is 2. The number of nitrogens with two attached hydrogens (primary N) is 1. The second-order valence-electron chi connectivity index (χ2n) is 3.86. The number of nitrogen functional groups attached to an aromatic ring is 1. The molecule has 0 saturated heterocycles. The van der Waals surface area contributed by atoms with Gasteiger partial charge in [0.1, 0.15) is 6.61 Å². The summed E-state index contributed by atoms with van der Waals surface area (Å²) >= 11 is 0. The minimum Gasteiger partial charge on any atom is -0.475 e. The van der Waals surface area contributed by atoms with E-state index in [-0.39, 0.29) is 5.95 Å². The van der Waals surface area contributed by atoms with Crippen LogP contribution in [0.5, 0.6) is 5.88 Å². The highest BCUT2D eigenvalue weighted by Crippen LogP contribution is 2.22. The Morgan fingerprint density at radius 3 is 2.78 bits per heavy atom. The molecule has 0 fully saturated rings. The number of ether oxygens (including phenoxy) is 2. The van der Waals surface area contributed by atoms with Crippen LogP contribution in [0, 0.1) is 0 Å². The molecule has 0 radical (unpaired) electrons. The molecule has 0 unspecified atom stereocenters. The molecule has 0 amide bonds. The Morgan fingerprint density at radius 1 is 1.11 bits per heavy atom. The largest absolute Gasteiger partial charge is 0.475 e. The number of hydrogen-bond acceptors (Lipinski definition) is 5. The fourth-order valence-corrected chi connectivity index (χ4v) is 1.62. The summed E-state index contributed by atoms with van der Waals surface area (Å²) < 4.78 is 10.9. The van der Waals surface area contributed by atoms with Crippen molar-refractivity contribution in [3.63, 3.8) is 0 Å². The molecule has 0 aliphatic carbocycles. The van der Waals surface area contributed by atoms with E-state index in [1.807, 2.05) is 24.3 Å². The number of benzene rings is 1. The summed E-state index contributed by atoms with van der Waals surface area (Å²) in [5.74, 6) is 0.733. The molecule has 0 aliphatic rings. The SMILES string of the molecule is CCCOCCOc1nc(N)nc2ccccc12. The first kappa shape index (κ1) is 12.6. The van der Waals surface area contributed by atoms with Gasteiger partial charge in [0.2, 0.25) is 11.8 Å². The summed E-state index contributed by atoms with van der Waals surface area (Å²) in [6.45, 7) is 3.82. The zero-order chi connectivity index (χ0) is 12.8. The van der Waals surface area contributed by atoms with Gasteiger partial charge in [-0.3, -0.25) is 0 Å². The van der Waals surface area contributed by atoms with Gasteiger partial charge in [-0.1, -0.05) is 19.1 Å². The molecule has 5 nitrogen and oxygen atoms in total. The second-order valence-corrected chi connectivity index (χ2v) is 3.86. The van der Waals surface area contributed by atoms with Crippen molar-refractivity contribution in [2.24, 2.45) is 0 Å². The fraction of sp³-hybridized carbons (Fsp3) is 0.385. The number of fused-ring (bicyclic) bond motifs is 1. The van der Waals surface area contributed by atoms with Gasteiger partial charge < -0.3 is 15.2 Å². The average molecular weight is 247 g/mol. The van der Waals surface area contributed by atoms with Gasteiger partial charge in [-0.25, -0.2) is 4.98 Å². The Bertz CT molecular complexity index is 517. The quantitative estimate of drug-likeness (QED) is 0.791. The van der Waals surface area contributed by atoms with Crippen molar-refractivity contribution >= 4 is 16.9 Å². The lowest BCUT2D eigenvalue weighted by Crippen LogP contribution is -2.09. The second kappa shape index (κ2) is 6.16. The Balaban J connectivity index is 2.07. The highest BCUT2D eigenvalue weighted by atomic mass is 16.5. The third kappa shape index (κ3) is 3.07. The van der Waals surface area contributed by atoms with Crippen LogP contribution in [0.4, 0.5) is 5.95 Å². The third-order valence-corrected chi connectivity index (χ3v) is 2.40. The molecule has 2 rings (SSSR count). The molecule has 0 bridgehead atoms. The maximum Gasteiger partial charge on any atom is 0.226 e. The van der Waals surface area contributed by atoms with E-state index in [1.54, 1.807) is 0 Å². The van der Waals surface area contributed by atoms with Gasteiger partial charge in [0.15, 0.2) is 0 Å². The molecular formula is C13H17N3O2. The van der Waals surface area contributed by atoms with Crippen LogP contribution in [0.25, 0.3) is 10.9 Å². The van der Waals surface area contributed by atoms with E-state index in [0.717, 1.165) is 23.9 Å². The number of anilines is 1. The van der Waals surface area contributed by atoms with Gasteiger partial charge in [0, 0.05) is 6.61 Å². The Morgan fingerprint density at radius 2 is 1.94 bits per heavy atom. The van der Waals surface area contributed by atoms with Crippen molar-refractivity contribution in [1.82, 2.24) is 9.97 Å². The Hall–Kier alpha value is -1.88. The van der Waals surface area contributed by atoms with Gasteiger partial charge in [-0.2, -0.15) is 4.98 Å². The van der Waals surface area contributed by atoms with E-state index in [1.165, 1.54) is 0 Å². The lowest BCUT2D eigenvalue weighted by atomic mass is 10.2. The average Bonchev–Trinajstić information content (AvgIpc) is 2.38. The summed E-state index contributed by atoms with van der Waals surface area (Å²) in [6, 6.07) is 7.62. The predicted octanol–water partition coefficient (Wildman–Crippen LogP) is 2.02. The first-order chi connectivity index (χ1) is 8.81. The molecule has 1 aromatic heterocycles. The topological polar surface area (TPSA) is 70.3 Å². The molecule has 2 N–H and O–H groups in total. The van der Waals surface area contributed by atoms with E-state index in [4.69, 9.17) is 15.2 Å². The van der Waals surface area contributed by atoms with Crippen LogP contribution in [0.3, 0.4) is 0 Å². The van der Waals surface area contributed by atoms with E-state index >= 15 is 0 Å². The van der Waals surface area contributed by atoms with E-state index < -0.39 is 0 Å². The smallest absolute Gasteiger partial charge is 0.226 e. The Kier molecular flexibility index (Phi) is 4.30. The summed E-state index contributed by atoms with van der Waals surface area (Å²) in [6.07, 6.45) is 1.00. The summed E-state index contributed by atoms with van der Waals surface area (Å²) in [5.41, 5.74) is 6.43. The van der Waals surface area contributed by atoms with Crippen molar-refractivity contribution in [3.05, 3.63) is 24.3 Å². The van der Waals surface area contributed by atoms with E-state index in [0.29, 0.717) is 19.1 Å². The van der Waals surface area contributed by atoms with Crippen LogP contribution in [0.15, 0.2) is 24.3 Å². The lowest BCUT2D eigenvalue weighted by Gasteiger charge is -2.08. The van der Waals surface area contributed by atoms with Crippen LogP contribution in [-0.4, -0.2) is 29.8 Å². The van der Waals surface area contributed by atoms with Gasteiger partial charge in [0.25, 0.3) is 0 Å². The fourth-order valence-electron chi connectivity index (χ4n) is 1.62. The molecule has 2 aromatic rings. The van der Waals surface area contributed by atoms with Crippen LogP contribution >= 0.6 is 0 Å². The molecule has 5 heteroatoms. The minimum absolute atomic E-state index is 0.221. The maximum atomic E-state index is 5.64. The van der Waals surface area contributed by atoms with Crippen molar-refractivity contribution in [2.75, 3.05) is 25.6 Å². The molecular weight excluding hydrogens is 230 g/mol. The summed E-state index contributed by atoms with van der Waals surface area (Å²) in [4.78, 5) is 8.26. The zero-order valence-corrected chi connectivity index (χ0v) is 10.4. The van der Waals surface area contributed by atoms with E-state index in [2.05, 4.69) is 16.9 Å². The van der Waals surface area contributed by atoms with Gasteiger partial charge >= 0.3 is 0 Å². The van der Waals surface area contributed by atoms with Crippen molar-refractivity contribution < 1.29 is 9.47 Å². The summed E-state index contributed by atoms with van der Waals surface area (Å²) in [5, 5.41) is 0.863. The monoisotopic (exact) mass is 247 g/mol. The normalized spacial score (nSPS) is 10.7. The number of hydrogen-bond donors (Lipinski definition) is 1. The minimum atomic E-state index is 0.221. The molecule has 0 spiro atoms. The van der Waals surface area contributed by atoms with Gasteiger partial charge in [0.05, 0.1) is 17.5 Å². The van der Waals surface area contributed by atoms with Gasteiger partial charge in [-0.05, 0) is 18.6 Å². The van der Waals surface area contributed by atoms with Crippen molar-refractivity contribution in [1.29, 1.82) is 0 Å². The predicted molar refractivity (Wildman–Crippen MR) is 70.6 cm³/mol. The lowest BCUT2D eigenvalue weighted by molar-refractivity contribution is 0.0996. The van der Waals surface area contributed by atoms with Crippen molar-refractivity contribution in [2.45, 2.75) is 13.3 Å². The highest BCUT2D eigenvalue weighted by molar-refractivity contribution is 5.84. The zero-order valence-electron chi connectivity index (χ0n) is 10.4. The van der Waals surface area contributed by atoms with Gasteiger partial charge in [-0.15, -0.1) is 0 Å². The van der Waals surface area contributed by atoms with E-state index in [9.17, 15) is 0 Å². The summed E-state index contributed by atoms with van der Waals surface area (Å²) in [7, 11) is 0. The molecule has 0 atom stereocenters. The van der Waals surface area contributed by atoms with Crippen LogP contribution < -0.4 is 10.5 Å². The standard InChI is InChI=1S/C13H17N3O2/c1-2-7-17-8-9-18-12-10-5-3-4-6-11(10)15-13(14)16-12/h3-6H,2,7-9H2,1H3,(H2,14,15,16). The third-order valence-electron chi connectivity index (χ3n) is 2.40. The van der Waals surface area contributed by atoms with Crippen LogP contribution in [-0.2, 0) is 4.74 Å². The first-order valence-electron chi connectivity index (χ1n) is 6.04. The van der Waals surface area contributed by atoms with Crippen LogP contribution in [0.2, 0.25) is 0 Å². The number of aromatic nitrogens is 2. The first-order valence-corrected chi connectivity index (χ1v) is 6.04. The Labute approximate surface area is 106 Å². The van der Waals surface area contributed by atoms with Crippen molar-refractivity contribution in [3.8, 4) is 5.88 Å². The molecule has 0 saturated carbocycles. The molecule has 0 aliphatic heterocycles. The maximum absolute atomic E-state index is 5.64. The number of rotatable bonds is 6. The molecule has 1 heterocycles. The molecule has 96 valence electrons.